The summed E-state index contributed by atoms with van der Waals surface area (Å²) in [5, 5.41) is 9.23. The summed E-state index contributed by atoms with van der Waals surface area (Å²) in [5.74, 6) is -0.321. The number of nitrogens with two attached hydrogens (primary N) is 1. The lowest BCUT2D eigenvalue weighted by atomic mass is 9.99. The summed E-state index contributed by atoms with van der Waals surface area (Å²) in [4.78, 5) is 13.5. The molecule has 1 atom stereocenters. The van der Waals surface area contributed by atoms with E-state index in [-0.39, 0.29) is 11.9 Å². The van der Waals surface area contributed by atoms with E-state index in [0.29, 0.717) is 5.56 Å². The zero-order valence-electron chi connectivity index (χ0n) is 9.90. The van der Waals surface area contributed by atoms with Crippen molar-refractivity contribution in [3.05, 3.63) is 28.2 Å². The Morgan fingerprint density at radius 1 is 1.50 bits per heavy atom. The molecule has 0 spiro atoms. The summed E-state index contributed by atoms with van der Waals surface area (Å²) >= 11 is 3.37. The topological polar surface area (TPSA) is 70.1 Å². The highest BCUT2D eigenvalue weighted by atomic mass is 79.9. The number of primary amides is 1. The summed E-state index contributed by atoms with van der Waals surface area (Å²) in [7, 11) is 0. The van der Waals surface area contributed by atoms with E-state index in [0.717, 1.165) is 36.0 Å². The molecule has 1 aromatic rings. The molecule has 4 nitrogen and oxygen atoms in total. The van der Waals surface area contributed by atoms with Gasteiger partial charge in [0.05, 0.1) is 11.3 Å². The Morgan fingerprint density at radius 2 is 2.28 bits per heavy atom. The number of rotatable bonds is 2. The fourth-order valence-electron chi connectivity index (χ4n) is 2.38. The van der Waals surface area contributed by atoms with Crippen LogP contribution in [0.2, 0.25) is 0 Å². The average molecular weight is 308 g/mol. The number of piperidine rings is 1. The predicted molar refractivity (Wildman–Crippen MR) is 73.0 cm³/mol. The third-order valence-electron chi connectivity index (χ3n) is 3.24. The Morgan fingerprint density at radius 3 is 2.94 bits per heavy atom. The molecular weight excluding hydrogens is 294 g/mol. The molecule has 0 saturated carbocycles. The molecule has 5 heteroatoms. The third-order valence-corrected chi connectivity index (χ3v) is 3.90. The van der Waals surface area contributed by atoms with Crippen molar-refractivity contribution in [1.82, 2.24) is 0 Å². The molecule has 0 bridgehead atoms. The van der Waals surface area contributed by atoms with Crippen LogP contribution in [0, 0.1) is 11.3 Å². The van der Waals surface area contributed by atoms with Crippen molar-refractivity contribution in [2.24, 2.45) is 5.73 Å². The minimum atomic E-state index is -0.321. The summed E-state index contributed by atoms with van der Waals surface area (Å²) in [6, 6.07) is 7.43. The van der Waals surface area contributed by atoms with Gasteiger partial charge in [-0.3, -0.25) is 4.79 Å². The summed E-state index contributed by atoms with van der Waals surface area (Å²) in [6.07, 6.45) is 2.77. The van der Waals surface area contributed by atoms with E-state index in [2.05, 4.69) is 22.0 Å². The first-order valence-electron chi connectivity index (χ1n) is 5.89. The van der Waals surface area contributed by atoms with Crippen LogP contribution in [0.4, 0.5) is 5.69 Å². The van der Waals surface area contributed by atoms with Gasteiger partial charge in [0.25, 0.3) is 0 Å². The summed E-state index contributed by atoms with van der Waals surface area (Å²) in [6.45, 7) is 0.763. The first kappa shape index (κ1) is 12.9. The number of benzene rings is 1. The van der Waals surface area contributed by atoms with E-state index in [1.165, 1.54) is 0 Å². The van der Waals surface area contributed by atoms with E-state index in [1.807, 2.05) is 23.1 Å². The maximum atomic E-state index is 11.5. The molecule has 0 radical (unpaired) electrons. The van der Waals surface area contributed by atoms with E-state index < -0.39 is 0 Å². The standard InChI is InChI=1S/C13H14BrN3O/c14-10-4-3-6-11(9(10)8-15)17-7-2-1-5-12(17)13(16)18/h3-4,6,12H,1-2,5,7H2,(H2,16,18). The van der Waals surface area contributed by atoms with E-state index in [1.54, 1.807) is 0 Å². The molecule has 2 N–H and O–H groups in total. The van der Waals surface area contributed by atoms with Crippen LogP contribution in [0.15, 0.2) is 22.7 Å². The summed E-state index contributed by atoms with van der Waals surface area (Å²) in [5.41, 5.74) is 6.80. The van der Waals surface area contributed by atoms with Crippen molar-refractivity contribution >= 4 is 27.5 Å². The van der Waals surface area contributed by atoms with Gasteiger partial charge in [0.1, 0.15) is 12.1 Å². The molecule has 1 aliphatic heterocycles. The lowest BCUT2D eigenvalue weighted by Crippen LogP contribution is -2.48. The van der Waals surface area contributed by atoms with Crippen molar-refractivity contribution in [3.8, 4) is 6.07 Å². The minimum absolute atomic E-state index is 0.305. The Hall–Kier alpha value is -1.54. The van der Waals surface area contributed by atoms with Crippen molar-refractivity contribution in [2.45, 2.75) is 25.3 Å². The third kappa shape index (κ3) is 2.34. The van der Waals surface area contributed by atoms with E-state index in [9.17, 15) is 10.1 Å². The Balaban J connectivity index is 2.43. The van der Waals surface area contributed by atoms with Crippen molar-refractivity contribution in [1.29, 1.82) is 5.26 Å². The maximum Gasteiger partial charge on any atom is 0.240 e. The molecular formula is C13H14BrN3O. The molecule has 1 heterocycles. The van der Waals surface area contributed by atoms with Gasteiger partial charge in [0, 0.05) is 11.0 Å². The fourth-order valence-corrected chi connectivity index (χ4v) is 2.82. The monoisotopic (exact) mass is 307 g/mol. The van der Waals surface area contributed by atoms with Gasteiger partial charge < -0.3 is 10.6 Å². The highest BCUT2D eigenvalue weighted by Crippen LogP contribution is 2.31. The molecule has 1 aromatic carbocycles. The van der Waals surface area contributed by atoms with Crippen LogP contribution in [0.25, 0.3) is 0 Å². The number of halogens is 1. The van der Waals surface area contributed by atoms with Crippen molar-refractivity contribution in [2.75, 3.05) is 11.4 Å². The minimum Gasteiger partial charge on any atom is -0.368 e. The number of nitrogens with zero attached hydrogens (tertiary/aromatic N) is 2. The number of amides is 1. The van der Waals surface area contributed by atoms with Gasteiger partial charge in [-0.2, -0.15) is 5.26 Å². The molecule has 1 amide bonds. The molecule has 1 unspecified atom stereocenters. The Kier molecular flexibility index (Phi) is 3.87. The van der Waals surface area contributed by atoms with Gasteiger partial charge in [-0.25, -0.2) is 0 Å². The van der Waals surface area contributed by atoms with Gasteiger partial charge in [0.15, 0.2) is 0 Å². The maximum absolute atomic E-state index is 11.5. The number of hydrogen-bond donors (Lipinski definition) is 1. The normalized spacial score (nSPS) is 19.3. The van der Waals surface area contributed by atoms with Crippen LogP contribution >= 0.6 is 15.9 Å². The number of hydrogen-bond acceptors (Lipinski definition) is 3. The van der Waals surface area contributed by atoms with Gasteiger partial charge in [0.2, 0.25) is 5.91 Å². The van der Waals surface area contributed by atoms with Crippen molar-refractivity contribution < 1.29 is 4.79 Å². The van der Waals surface area contributed by atoms with Crippen LogP contribution in [0.3, 0.4) is 0 Å². The largest absolute Gasteiger partial charge is 0.368 e. The number of carbonyl (C=O) groups excluding carboxylic acids is 1. The summed E-state index contributed by atoms with van der Waals surface area (Å²) < 4.78 is 0.747. The molecule has 2 rings (SSSR count). The average Bonchev–Trinajstić information content (AvgIpc) is 2.38. The quantitative estimate of drug-likeness (QED) is 0.910. The van der Waals surface area contributed by atoms with Gasteiger partial charge in [-0.1, -0.05) is 6.07 Å². The molecule has 94 valence electrons. The first-order valence-corrected chi connectivity index (χ1v) is 6.69. The zero-order chi connectivity index (χ0) is 13.1. The fraction of sp³-hybridized carbons (Fsp3) is 0.385. The lowest BCUT2D eigenvalue weighted by molar-refractivity contribution is -0.119. The first-order chi connectivity index (χ1) is 8.65. The molecule has 0 aromatic heterocycles. The molecule has 18 heavy (non-hydrogen) atoms. The van der Waals surface area contributed by atoms with Gasteiger partial charge >= 0.3 is 0 Å². The smallest absolute Gasteiger partial charge is 0.240 e. The van der Waals surface area contributed by atoms with E-state index in [4.69, 9.17) is 5.73 Å². The second kappa shape index (κ2) is 5.40. The zero-order valence-corrected chi connectivity index (χ0v) is 11.5. The van der Waals surface area contributed by atoms with Crippen LogP contribution in [-0.4, -0.2) is 18.5 Å². The molecule has 1 fully saturated rings. The highest BCUT2D eigenvalue weighted by molar-refractivity contribution is 9.10. The van der Waals surface area contributed by atoms with Crippen LogP contribution in [-0.2, 0) is 4.79 Å². The molecule has 1 aliphatic rings. The Labute approximate surface area is 115 Å². The van der Waals surface area contributed by atoms with E-state index >= 15 is 0 Å². The molecule has 0 aliphatic carbocycles. The highest BCUT2D eigenvalue weighted by Gasteiger charge is 2.28. The second-order valence-electron chi connectivity index (χ2n) is 4.35. The van der Waals surface area contributed by atoms with Gasteiger partial charge in [-0.15, -0.1) is 0 Å². The van der Waals surface area contributed by atoms with Crippen molar-refractivity contribution in [3.63, 3.8) is 0 Å². The number of carbonyl (C=O) groups is 1. The SMILES string of the molecule is N#Cc1c(Br)cccc1N1CCCCC1C(N)=O. The van der Waals surface area contributed by atoms with Gasteiger partial charge in [-0.05, 0) is 47.3 Å². The number of anilines is 1. The number of nitriles is 1. The molecule has 1 saturated heterocycles. The Bertz CT molecular complexity index is 509. The second-order valence-corrected chi connectivity index (χ2v) is 5.21. The van der Waals surface area contributed by atoms with Crippen LogP contribution in [0.1, 0.15) is 24.8 Å². The van der Waals surface area contributed by atoms with Crippen LogP contribution < -0.4 is 10.6 Å². The van der Waals surface area contributed by atoms with Crippen LogP contribution in [0.5, 0.6) is 0 Å². The lowest BCUT2D eigenvalue weighted by Gasteiger charge is -2.36. The predicted octanol–water partition coefficient (Wildman–Crippen LogP) is 2.16.